The first-order valence-corrected chi connectivity index (χ1v) is 8.67. The van der Waals surface area contributed by atoms with Crippen molar-refractivity contribution < 1.29 is 18.3 Å². The number of aliphatic imine (C=N–C) groups is 1. The van der Waals surface area contributed by atoms with E-state index in [1.54, 1.807) is 0 Å². The van der Waals surface area contributed by atoms with E-state index in [0.29, 0.717) is 13.2 Å². The Balaban J connectivity index is 1.54. The summed E-state index contributed by atoms with van der Waals surface area (Å²) in [6.07, 6.45) is 4.37. The number of rotatable bonds is 6. The Bertz CT molecular complexity index is 578. The third-order valence-corrected chi connectivity index (χ3v) is 4.51. The van der Waals surface area contributed by atoms with Gasteiger partial charge in [-0.05, 0) is 51.6 Å². The number of halogens is 2. The molecule has 1 aromatic rings. The normalized spacial score (nSPS) is 21.5. The van der Waals surface area contributed by atoms with Crippen LogP contribution >= 0.6 is 0 Å². The molecule has 0 aromatic heterocycles. The molecule has 132 valence electrons. The Morgan fingerprint density at radius 2 is 1.96 bits per heavy atom. The Hall–Kier alpha value is -1.69. The van der Waals surface area contributed by atoms with Gasteiger partial charge in [-0.25, -0.2) is 13.8 Å². The van der Waals surface area contributed by atoms with Crippen LogP contribution in [-0.4, -0.2) is 38.2 Å². The summed E-state index contributed by atoms with van der Waals surface area (Å²) in [4.78, 5) is 4.11. The molecule has 1 fully saturated rings. The second kappa shape index (κ2) is 7.92. The van der Waals surface area contributed by atoms with Crippen LogP contribution in [0.2, 0.25) is 0 Å². The molecule has 0 amide bonds. The highest BCUT2D eigenvalue weighted by molar-refractivity contribution is 5.95. The van der Waals surface area contributed by atoms with Gasteiger partial charge < -0.3 is 14.8 Å². The van der Waals surface area contributed by atoms with E-state index in [4.69, 9.17) is 9.47 Å². The van der Waals surface area contributed by atoms with E-state index in [9.17, 15) is 8.78 Å². The van der Waals surface area contributed by atoms with Crippen LogP contribution in [0.5, 0.6) is 5.75 Å². The monoisotopic (exact) mass is 338 g/mol. The highest BCUT2D eigenvalue weighted by atomic mass is 19.1. The van der Waals surface area contributed by atoms with Crippen molar-refractivity contribution in [3.63, 3.8) is 0 Å². The third-order valence-electron chi connectivity index (χ3n) is 4.51. The molecule has 3 rings (SSSR count). The molecule has 1 aromatic carbocycles. The van der Waals surface area contributed by atoms with E-state index in [0.717, 1.165) is 31.8 Å². The number of hydrogen-bond acceptors (Lipinski definition) is 4. The smallest absolute Gasteiger partial charge is 0.222 e. The Morgan fingerprint density at radius 3 is 2.58 bits per heavy atom. The van der Waals surface area contributed by atoms with Crippen LogP contribution in [0.15, 0.2) is 17.1 Å². The van der Waals surface area contributed by atoms with Gasteiger partial charge in [0.1, 0.15) is 29.6 Å². The quantitative estimate of drug-likeness (QED) is 0.810. The molecular formula is C18H24F2N2O2. The van der Waals surface area contributed by atoms with E-state index in [1.165, 1.54) is 25.0 Å². The average molecular weight is 338 g/mol. The summed E-state index contributed by atoms with van der Waals surface area (Å²) in [5, 5.41) is 3.34. The van der Waals surface area contributed by atoms with Crippen molar-refractivity contribution in [1.82, 2.24) is 5.32 Å². The molecule has 2 heterocycles. The van der Waals surface area contributed by atoms with E-state index >= 15 is 0 Å². The summed E-state index contributed by atoms with van der Waals surface area (Å²) in [5.74, 6) is -0.418. The minimum absolute atomic E-state index is 0.0370. The van der Waals surface area contributed by atoms with E-state index in [2.05, 4.69) is 10.3 Å². The maximum absolute atomic E-state index is 14.2. The number of nitrogens with one attached hydrogen (secondary N) is 1. The molecule has 1 atom stereocenters. The second-order valence-corrected chi connectivity index (χ2v) is 6.54. The number of piperidine rings is 1. The van der Waals surface area contributed by atoms with Crippen LogP contribution in [0, 0.1) is 17.6 Å². The number of nitrogens with zero attached hydrogens (tertiary/aromatic N) is 1. The van der Waals surface area contributed by atoms with Crippen LogP contribution in [0.4, 0.5) is 8.78 Å². The summed E-state index contributed by atoms with van der Waals surface area (Å²) >= 11 is 0. The van der Waals surface area contributed by atoms with Gasteiger partial charge in [0, 0.05) is 12.1 Å². The SMILES string of the molecule is CC1COC(c2c(F)cc(OCCCC3CCNCC3)cc2F)=N1. The molecule has 0 aliphatic carbocycles. The first-order chi connectivity index (χ1) is 11.6. The van der Waals surface area contributed by atoms with E-state index in [1.807, 2.05) is 6.92 Å². The van der Waals surface area contributed by atoms with Gasteiger partial charge in [0.2, 0.25) is 5.90 Å². The number of ether oxygens (including phenoxy) is 2. The lowest BCUT2D eigenvalue weighted by Crippen LogP contribution is -2.27. The predicted molar refractivity (Wildman–Crippen MR) is 88.6 cm³/mol. The maximum Gasteiger partial charge on any atom is 0.222 e. The second-order valence-electron chi connectivity index (χ2n) is 6.54. The topological polar surface area (TPSA) is 42.9 Å². The minimum atomic E-state index is -0.698. The van der Waals surface area contributed by atoms with E-state index in [-0.39, 0.29) is 23.3 Å². The number of hydrogen-bond donors (Lipinski definition) is 1. The zero-order chi connectivity index (χ0) is 16.9. The molecule has 4 nitrogen and oxygen atoms in total. The van der Waals surface area contributed by atoms with Gasteiger partial charge in [0.15, 0.2) is 0 Å². The fourth-order valence-corrected chi connectivity index (χ4v) is 3.18. The summed E-state index contributed by atoms with van der Waals surface area (Å²) < 4.78 is 39.2. The van der Waals surface area contributed by atoms with Gasteiger partial charge in [-0.1, -0.05) is 0 Å². The molecule has 1 saturated heterocycles. The van der Waals surface area contributed by atoms with Crippen molar-refractivity contribution in [2.45, 2.75) is 38.6 Å². The highest BCUT2D eigenvalue weighted by Gasteiger charge is 2.24. The Morgan fingerprint density at radius 1 is 1.25 bits per heavy atom. The predicted octanol–water partition coefficient (Wildman–Crippen LogP) is 3.29. The molecular weight excluding hydrogens is 314 g/mol. The van der Waals surface area contributed by atoms with Gasteiger partial charge in [-0.2, -0.15) is 0 Å². The van der Waals surface area contributed by atoms with Crippen molar-refractivity contribution in [2.24, 2.45) is 10.9 Å². The molecule has 2 aliphatic rings. The molecule has 1 N–H and O–H groups in total. The van der Waals surface area contributed by atoms with Crippen molar-refractivity contribution in [3.8, 4) is 5.75 Å². The van der Waals surface area contributed by atoms with Crippen molar-refractivity contribution in [1.29, 1.82) is 0 Å². The van der Waals surface area contributed by atoms with Crippen LogP contribution in [0.3, 0.4) is 0 Å². The van der Waals surface area contributed by atoms with Crippen molar-refractivity contribution >= 4 is 5.90 Å². The van der Waals surface area contributed by atoms with Crippen LogP contribution in [0.25, 0.3) is 0 Å². The molecule has 1 unspecified atom stereocenters. The third kappa shape index (κ3) is 4.23. The molecule has 6 heteroatoms. The van der Waals surface area contributed by atoms with Crippen molar-refractivity contribution in [2.75, 3.05) is 26.3 Å². The molecule has 0 bridgehead atoms. The zero-order valence-corrected chi connectivity index (χ0v) is 14.0. The van der Waals surface area contributed by atoms with Crippen LogP contribution in [0.1, 0.15) is 38.2 Å². The molecule has 0 radical (unpaired) electrons. The Labute approximate surface area is 141 Å². The lowest BCUT2D eigenvalue weighted by Gasteiger charge is -2.22. The molecule has 24 heavy (non-hydrogen) atoms. The van der Waals surface area contributed by atoms with E-state index < -0.39 is 11.6 Å². The lowest BCUT2D eigenvalue weighted by molar-refractivity contribution is 0.272. The Kier molecular flexibility index (Phi) is 5.66. The molecule has 0 saturated carbocycles. The summed E-state index contributed by atoms with van der Waals surface area (Å²) in [6, 6.07) is 2.33. The average Bonchev–Trinajstić information content (AvgIpc) is 2.98. The number of benzene rings is 1. The van der Waals surface area contributed by atoms with Gasteiger partial charge >= 0.3 is 0 Å². The summed E-state index contributed by atoms with van der Waals surface area (Å²) in [7, 11) is 0. The fourth-order valence-electron chi connectivity index (χ4n) is 3.18. The van der Waals surface area contributed by atoms with Crippen LogP contribution < -0.4 is 10.1 Å². The largest absolute Gasteiger partial charge is 0.493 e. The van der Waals surface area contributed by atoms with Gasteiger partial charge in [-0.3, -0.25) is 0 Å². The first kappa shape index (κ1) is 17.1. The van der Waals surface area contributed by atoms with Crippen molar-refractivity contribution in [3.05, 3.63) is 29.3 Å². The standard InChI is InChI=1S/C18H24F2N2O2/c1-12-11-24-18(22-12)17-15(19)9-14(10-16(17)20)23-8-2-3-13-4-6-21-7-5-13/h9-10,12-13,21H,2-8,11H2,1H3. The highest BCUT2D eigenvalue weighted by Crippen LogP contribution is 2.24. The van der Waals surface area contributed by atoms with Crippen LogP contribution in [-0.2, 0) is 4.74 Å². The zero-order valence-electron chi connectivity index (χ0n) is 14.0. The van der Waals surface area contributed by atoms with Gasteiger partial charge in [0.05, 0.1) is 12.6 Å². The summed E-state index contributed by atoms with van der Waals surface area (Å²) in [5.41, 5.74) is -0.207. The van der Waals surface area contributed by atoms with Gasteiger partial charge in [-0.15, -0.1) is 0 Å². The lowest BCUT2D eigenvalue weighted by atomic mass is 9.93. The molecule has 0 spiro atoms. The minimum Gasteiger partial charge on any atom is -0.493 e. The summed E-state index contributed by atoms with van der Waals surface area (Å²) in [6.45, 7) is 4.81. The fraction of sp³-hybridized carbons (Fsp3) is 0.611. The maximum atomic E-state index is 14.2. The first-order valence-electron chi connectivity index (χ1n) is 8.67. The van der Waals surface area contributed by atoms with Gasteiger partial charge in [0.25, 0.3) is 0 Å². The molecule has 2 aliphatic heterocycles.